The molecule has 2 N–H and O–H groups in total. The Balaban J connectivity index is 1.58. The highest BCUT2D eigenvalue weighted by molar-refractivity contribution is 6.09. The highest BCUT2D eigenvalue weighted by Gasteiger charge is 2.28. The minimum atomic E-state index is -0.332. The summed E-state index contributed by atoms with van der Waals surface area (Å²) in [6.45, 7) is 5.83. The molecule has 1 aromatic carbocycles. The summed E-state index contributed by atoms with van der Waals surface area (Å²) >= 11 is 0. The predicted octanol–water partition coefficient (Wildman–Crippen LogP) is 4.32. The van der Waals surface area contributed by atoms with Crippen LogP contribution in [-0.4, -0.2) is 22.5 Å². The molecule has 0 atom stereocenters. The first kappa shape index (κ1) is 20.5. The van der Waals surface area contributed by atoms with Crippen LogP contribution in [0.15, 0.2) is 52.2 Å². The molecule has 2 aromatic heterocycles. The number of fused-ring (bicyclic) bond motifs is 1. The van der Waals surface area contributed by atoms with Crippen LogP contribution >= 0.6 is 0 Å². The lowest BCUT2D eigenvalue weighted by atomic mass is 9.93. The Morgan fingerprint density at radius 3 is 2.55 bits per heavy atom. The molecule has 0 radical (unpaired) electrons. The van der Waals surface area contributed by atoms with E-state index >= 15 is 0 Å². The van der Waals surface area contributed by atoms with Crippen LogP contribution in [-0.2, 0) is 6.42 Å². The van der Waals surface area contributed by atoms with Crippen LogP contribution in [0.3, 0.4) is 0 Å². The molecule has 31 heavy (non-hydrogen) atoms. The zero-order valence-electron chi connectivity index (χ0n) is 17.8. The Morgan fingerprint density at radius 2 is 1.84 bits per heavy atom. The van der Waals surface area contributed by atoms with E-state index in [4.69, 9.17) is 4.42 Å². The van der Waals surface area contributed by atoms with Crippen molar-refractivity contribution in [3.8, 4) is 0 Å². The van der Waals surface area contributed by atoms with E-state index in [0.29, 0.717) is 17.7 Å². The quantitative estimate of drug-likeness (QED) is 0.619. The van der Waals surface area contributed by atoms with Gasteiger partial charge in [0.2, 0.25) is 0 Å². The van der Waals surface area contributed by atoms with Gasteiger partial charge in [-0.25, -0.2) is 5.43 Å². The van der Waals surface area contributed by atoms with Crippen molar-refractivity contribution in [2.75, 3.05) is 5.32 Å². The Morgan fingerprint density at radius 1 is 1.06 bits per heavy atom. The molecule has 0 spiro atoms. The third-order valence-corrected chi connectivity index (χ3v) is 5.23. The van der Waals surface area contributed by atoms with Crippen molar-refractivity contribution in [1.29, 1.82) is 0 Å². The van der Waals surface area contributed by atoms with Crippen LogP contribution in [0.25, 0.3) is 0 Å². The normalized spacial score (nSPS) is 14.2. The minimum absolute atomic E-state index is 0.275. The van der Waals surface area contributed by atoms with Gasteiger partial charge in [-0.15, -0.1) is 0 Å². The maximum Gasteiger partial charge on any atom is 0.291 e. The van der Waals surface area contributed by atoms with Crippen molar-refractivity contribution < 1.29 is 14.0 Å². The van der Waals surface area contributed by atoms with Gasteiger partial charge in [-0.1, -0.05) is 6.07 Å². The molecule has 158 valence electrons. The van der Waals surface area contributed by atoms with Gasteiger partial charge in [-0.3, -0.25) is 14.6 Å². The first-order chi connectivity index (χ1) is 14.9. The Labute approximate surface area is 180 Å². The zero-order valence-corrected chi connectivity index (χ0v) is 17.8. The number of hydrogen-bond donors (Lipinski definition) is 2. The molecule has 0 saturated heterocycles. The number of hydrogen-bond acceptors (Lipinski definition) is 5. The van der Waals surface area contributed by atoms with E-state index < -0.39 is 0 Å². The number of anilines is 1. The molecule has 7 heteroatoms. The van der Waals surface area contributed by atoms with E-state index in [2.05, 4.69) is 26.9 Å². The van der Waals surface area contributed by atoms with Gasteiger partial charge in [-0.2, -0.15) is 5.10 Å². The van der Waals surface area contributed by atoms with Gasteiger partial charge in [-0.05, 0) is 69.0 Å². The molecule has 2 amide bonds. The standard InChI is InChI=1S/C24H24N4O3/c1-14-10-15(2)12-18(11-14)26-24(30)22-16(3)21-19(7-4-8-20(21)31-22)27-28-23(29)17-6-5-9-25-13-17/h5-6,9-13H,4,7-8H2,1-3H3,(H,26,30)(H,28,29)/b27-19+. The van der Waals surface area contributed by atoms with E-state index in [0.717, 1.165) is 46.5 Å². The SMILES string of the molecule is Cc1cc(C)cc(NC(=O)c2oc3c(c2C)/C(=N/NC(=O)c2cccnc2)CCC3)c1. The average Bonchev–Trinajstić information content (AvgIpc) is 3.09. The zero-order chi connectivity index (χ0) is 22.0. The Kier molecular flexibility index (Phi) is 5.66. The molecule has 3 aromatic rings. The number of pyridine rings is 1. The topological polar surface area (TPSA) is 96.6 Å². The molecule has 0 aliphatic heterocycles. The summed E-state index contributed by atoms with van der Waals surface area (Å²) in [7, 11) is 0. The lowest BCUT2D eigenvalue weighted by molar-refractivity contribution is 0.0953. The smallest absolute Gasteiger partial charge is 0.291 e. The molecule has 4 rings (SSSR count). The second kappa shape index (κ2) is 8.55. The first-order valence-electron chi connectivity index (χ1n) is 10.2. The highest BCUT2D eigenvalue weighted by atomic mass is 16.4. The average molecular weight is 416 g/mol. The van der Waals surface area contributed by atoms with E-state index in [1.807, 2.05) is 32.9 Å². The fourth-order valence-corrected chi connectivity index (χ4v) is 3.91. The predicted molar refractivity (Wildman–Crippen MR) is 118 cm³/mol. The van der Waals surface area contributed by atoms with Gasteiger partial charge in [0, 0.05) is 35.6 Å². The van der Waals surface area contributed by atoms with Gasteiger partial charge >= 0.3 is 0 Å². The maximum atomic E-state index is 12.9. The Hall–Kier alpha value is -3.74. The number of amides is 2. The highest BCUT2D eigenvalue weighted by Crippen LogP contribution is 2.30. The lowest BCUT2D eigenvalue weighted by Crippen LogP contribution is -2.22. The molecule has 0 bridgehead atoms. The van der Waals surface area contributed by atoms with E-state index in [-0.39, 0.29) is 17.6 Å². The number of carbonyl (C=O) groups excluding carboxylic acids is 2. The van der Waals surface area contributed by atoms with Gasteiger partial charge < -0.3 is 9.73 Å². The van der Waals surface area contributed by atoms with Crippen molar-refractivity contribution >= 4 is 23.2 Å². The molecule has 0 saturated carbocycles. The summed E-state index contributed by atoms with van der Waals surface area (Å²) < 4.78 is 5.94. The number of carbonyl (C=O) groups is 2. The van der Waals surface area contributed by atoms with Gasteiger partial charge in [0.1, 0.15) is 5.76 Å². The Bertz CT molecular complexity index is 1160. The van der Waals surface area contributed by atoms with Crippen LogP contribution in [0.1, 0.15) is 61.8 Å². The number of aromatic nitrogens is 1. The van der Waals surface area contributed by atoms with Crippen LogP contribution < -0.4 is 10.7 Å². The van der Waals surface area contributed by atoms with Crippen LogP contribution in [0.5, 0.6) is 0 Å². The number of rotatable bonds is 4. The summed E-state index contributed by atoms with van der Waals surface area (Å²) in [5, 5.41) is 7.27. The lowest BCUT2D eigenvalue weighted by Gasteiger charge is -2.13. The molecule has 0 unspecified atom stereocenters. The summed E-state index contributed by atoms with van der Waals surface area (Å²) in [5.41, 5.74) is 8.15. The third kappa shape index (κ3) is 4.40. The molecule has 2 heterocycles. The first-order valence-corrected chi connectivity index (χ1v) is 10.2. The van der Waals surface area contributed by atoms with Crippen molar-refractivity contribution in [2.45, 2.75) is 40.0 Å². The summed E-state index contributed by atoms with van der Waals surface area (Å²) in [4.78, 5) is 29.2. The third-order valence-electron chi connectivity index (χ3n) is 5.23. The molecule has 7 nitrogen and oxygen atoms in total. The molecule has 0 fully saturated rings. The second-order valence-electron chi connectivity index (χ2n) is 7.78. The van der Waals surface area contributed by atoms with Crippen molar-refractivity contribution in [3.63, 3.8) is 0 Å². The number of furan rings is 1. The van der Waals surface area contributed by atoms with Gasteiger partial charge in [0.05, 0.1) is 11.3 Å². The summed E-state index contributed by atoms with van der Waals surface area (Å²) in [6.07, 6.45) is 5.34. The largest absolute Gasteiger partial charge is 0.455 e. The molecular weight excluding hydrogens is 392 g/mol. The minimum Gasteiger partial charge on any atom is -0.455 e. The van der Waals surface area contributed by atoms with Gasteiger partial charge in [0.25, 0.3) is 11.8 Å². The molecular formula is C24H24N4O3. The number of aryl methyl sites for hydroxylation is 3. The summed E-state index contributed by atoms with van der Waals surface area (Å²) in [5.74, 6) is 0.373. The van der Waals surface area contributed by atoms with Crippen LogP contribution in [0.2, 0.25) is 0 Å². The van der Waals surface area contributed by atoms with Crippen LogP contribution in [0, 0.1) is 20.8 Å². The molecule has 1 aliphatic carbocycles. The van der Waals surface area contributed by atoms with E-state index in [1.165, 1.54) is 6.20 Å². The number of hydrazone groups is 1. The van der Waals surface area contributed by atoms with Crippen molar-refractivity contribution in [2.24, 2.45) is 5.10 Å². The second-order valence-corrected chi connectivity index (χ2v) is 7.78. The maximum absolute atomic E-state index is 12.9. The van der Waals surface area contributed by atoms with Crippen molar-refractivity contribution in [3.05, 3.63) is 82.1 Å². The van der Waals surface area contributed by atoms with E-state index in [1.54, 1.807) is 18.3 Å². The number of nitrogens with one attached hydrogen (secondary N) is 2. The van der Waals surface area contributed by atoms with Crippen LogP contribution in [0.4, 0.5) is 5.69 Å². The van der Waals surface area contributed by atoms with E-state index in [9.17, 15) is 9.59 Å². The fraction of sp³-hybridized carbons (Fsp3) is 0.250. The molecule has 1 aliphatic rings. The monoisotopic (exact) mass is 416 g/mol. The van der Waals surface area contributed by atoms with Crippen molar-refractivity contribution in [1.82, 2.24) is 10.4 Å². The fourth-order valence-electron chi connectivity index (χ4n) is 3.91. The summed E-state index contributed by atoms with van der Waals surface area (Å²) in [6, 6.07) is 9.26. The number of nitrogens with zero attached hydrogens (tertiary/aromatic N) is 2. The number of benzene rings is 1. The van der Waals surface area contributed by atoms with Gasteiger partial charge in [0.15, 0.2) is 5.76 Å².